The van der Waals surface area contributed by atoms with Crippen molar-refractivity contribution < 1.29 is 23.5 Å². The normalized spacial score (nSPS) is 10.2. The second-order valence-electron chi connectivity index (χ2n) is 5.50. The lowest BCUT2D eigenvalue weighted by molar-refractivity contribution is -0.146. The van der Waals surface area contributed by atoms with E-state index in [1.54, 1.807) is 13.0 Å². The molecule has 0 bridgehead atoms. The molecule has 0 atom stereocenters. The highest BCUT2D eigenvalue weighted by molar-refractivity contribution is 6.36. The first-order valence-electron chi connectivity index (χ1n) is 7.71. The summed E-state index contributed by atoms with van der Waals surface area (Å²) in [6, 6.07) is 8.58. The van der Waals surface area contributed by atoms with Crippen molar-refractivity contribution in [3.63, 3.8) is 0 Å². The molecular formula is C18H15Cl2FN2O4. The van der Waals surface area contributed by atoms with E-state index in [2.05, 4.69) is 10.6 Å². The number of rotatable bonds is 6. The summed E-state index contributed by atoms with van der Waals surface area (Å²) in [5.74, 6) is -2.74. The number of ether oxygens (including phenoxy) is 1. The fourth-order valence-electron chi connectivity index (χ4n) is 2.03. The fourth-order valence-corrected chi connectivity index (χ4v) is 2.52. The zero-order chi connectivity index (χ0) is 20.0. The summed E-state index contributed by atoms with van der Waals surface area (Å²) in [5, 5.41) is 5.10. The molecule has 142 valence electrons. The van der Waals surface area contributed by atoms with E-state index in [0.29, 0.717) is 10.6 Å². The molecule has 0 unspecified atom stereocenters. The van der Waals surface area contributed by atoms with Crippen molar-refractivity contribution >= 4 is 46.7 Å². The van der Waals surface area contributed by atoms with Crippen molar-refractivity contribution in [2.45, 2.75) is 6.92 Å². The molecular weight excluding hydrogens is 398 g/mol. The van der Waals surface area contributed by atoms with Crippen LogP contribution in [0.5, 0.6) is 0 Å². The van der Waals surface area contributed by atoms with E-state index in [0.717, 1.165) is 0 Å². The third kappa shape index (κ3) is 6.23. The molecule has 0 saturated heterocycles. The van der Waals surface area contributed by atoms with Gasteiger partial charge in [-0.1, -0.05) is 29.3 Å². The minimum Gasteiger partial charge on any atom is -0.454 e. The van der Waals surface area contributed by atoms with E-state index in [-0.39, 0.29) is 16.3 Å². The number of benzene rings is 2. The summed E-state index contributed by atoms with van der Waals surface area (Å²) in [4.78, 5) is 35.3. The number of halogens is 3. The van der Waals surface area contributed by atoms with Gasteiger partial charge in [-0.15, -0.1) is 0 Å². The van der Waals surface area contributed by atoms with Gasteiger partial charge in [-0.3, -0.25) is 14.4 Å². The monoisotopic (exact) mass is 412 g/mol. The van der Waals surface area contributed by atoms with Gasteiger partial charge in [-0.05, 0) is 42.8 Å². The maximum atomic E-state index is 13.6. The molecule has 2 aromatic rings. The number of carbonyl (C=O) groups excluding carboxylic acids is 3. The van der Waals surface area contributed by atoms with Crippen LogP contribution < -0.4 is 10.6 Å². The van der Waals surface area contributed by atoms with E-state index in [9.17, 15) is 18.8 Å². The molecule has 0 spiro atoms. The zero-order valence-electron chi connectivity index (χ0n) is 14.1. The number of esters is 1. The Morgan fingerprint density at radius 1 is 1.11 bits per heavy atom. The lowest BCUT2D eigenvalue weighted by Crippen LogP contribution is -2.32. The van der Waals surface area contributed by atoms with Gasteiger partial charge in [0.1, 0.15) is 12.4 Å². The van der Waals surface area contributed by atoms with Gasteiger partial charge in [0.15, 0.2) is 6.61 Å². The summed E-state index contributed by atoms with van der Waals surface area (Å²) >= 11 is 11.6. The summed E-state index contributed by atoms with van der Waals surface area (Å²) in [6.07, 6.45) is 0. The SMILES string of the molecule is Cc1ccc(NC(=O)COC(=O)CNC(=O)c2ccc(Cl)cc2Cl)c(F)c1. The van der Waals surface area contributed by atoms with Crippen molar-refractivity contribution in [2.24, 2.45) is 0 Å². The standard InChI is InChI=1S/C18H15Cl2FN2O4/c1-10-2-5-15(14(21)6-10)23-16(24)9-27-17(25)8-22-18(26)12-4-3-11(19)7-13(12)20/h2-7H,8-9H2,1H3,(H,22,26)(H,23,24). The molecule has 9 heteroatoms. The Labute approximate surface area is 164 Å². The Morgan fingerprint density at radius 3 is 2.52 bits per heavy atom. The largest absolute Gasteiger partial charge is 0.454 e. The van der Waals surface area contributed by atoms with Crippen molar-refractivity contribution in [1.82, 2.24) is 5.32 Å². The first kappa shape index (κ1) is 20.7. The van der Waals surface area contributed by atoms with Gasteiger partial charge in [-0.25, -0.2) is 4.39 Å². The third-order valence-corrected chi connectivity index (χ3v) is 3.88. The van der Waals surface area contributed by atoms with Gasteiger partial charge in [0.05, 0.1) is 16.3 Å². The Morgan fingerprint density at radius 2 is 1.85 bits per heavy atom. The first-order chi connectivity index (χ1) is 12.8. The smallest absolute Gasteiger partial charge is 0.325 e. The number of hydrogen-bond donors (Lipinski definition) is 2. The van der Waals surface area contributed by atoms with Gasteiger partial charge in [0.25, 0.3) is 11.8 Å². The van der Waals surface area contributed by atoms with Crippen LogP contribution in [0.1, 0.15) is 15.9 Å². The molecule has 2 N–H and O–H groups in total. The minimum absolute atomic E-state index is 0.0210. The number of amides is 2. The fraction of sp³-hybridized carbons (Fsp3) is 0.167. The van der Waals surface area contributed by atoms with Gasteiger partial charge >= 0.3 is 5.97 Å². The number of nitrogens with one attached hydrogen (secondary N) is 2. The Kier molecular flexibility index (Phi) is 7.15. The molecule has 6 nitrogen and oxygen atoms in total. The molecule has 2 aromatic carbocycles. The molecule has 0 aliphatic rings. The molecule has 0 saturated carbocycles. The maximum absolute atomic E-state index is 13.6. The van der Waals surface area contributed by atoms with Crippen LogP contribution in [-0.2, 0) is 14.3 Å². The maximum Gasteiger partial charge on any atom is 0.325 e. The summed E-state index contributed by atoms with van der Waals surface area (Å²) in [6.45, 7) is 0.621. The van der Waals surface area contributed by atoms with E-state index in [4.69, 9.17) is 27.9 Å². The van der Waals surface area contributed by atoms with Gasteiger partial charge in [0.2, 0.25) is 0 Å². The zero-order valence-corrected chi connectivity index (χ0v) is 15.7. The predicted octanol–water partition coefficient (Wildman–Crippen LogP) is 3.35. The van der Waals surface area contributed by atoms with Crippen LogP contribution in [0.25, 0.3) is 0 Å². The van der Waals surface area contributed by atoms with E-state index < -0.39 is 36.8 Å². The molecule has 2 amide bonds. The highest BCUT2D eigenvalue weighted by Crippen LogP contribution is 2.20. The third-order valence-electron chi connectivity index (χ3n) is 3.33. The van der Waals surface area contributed by atoms with Gasteiger partial charge in [0, 0.05) is 5.02 Å². The number of carbonyl (C=O) groups is 3. The van der Waals surface area contributed by atoms with Crippen LogP contribution in [0.2, 0.25) is 10.0 Å². The quantitative estimate of drug-likeness (QED) is 0.712. The van der Waals surface area contributed by atoms with Crippen molar-refractivity contribution in [2.75, 3.05) is 18.5 Å². The Hall–Kier alpha value is -2.64. The molecule has 0 radical (unpaired) electrons. The Balaban J connectivity index is 1.78. The molecule has 0 aliphatic heterocycles. The summed E-state index contributed by atoms with van der Waals surface area (Å²) in [7, 11) is 0. The molecule has 27 heavy (non-hydrogen) atoms. The van der Waals surface area contributed by atoms with Crippen molar-refractivity contribution in [3.8, 4) is 0 Å². The predicted molar refractivity (Wildman–Crippen MR) is 99.5 cm³/mol. The van der Waals surface area contributed by atoms with E-state index >= 15 is 0 Å². The second kappa shape index (κ2) is 9.34. The number of hydrogen-bond acceptors (Lipinski definition) is 4. The van der Waals surface area contributed by atoms with Crippen LogP contribution in [0.15, 0.2) is 36.4 Å². The molecule has 0 aromatic heterocycles. The van der Waals surface area contributed by atoms with Crippen molar-refractivity contribution in [1.29, 1.82) is 0 Å². The summed E-state index contributed by atoms with van der Waals surface area (Å²) < 4.78 is 18.4. The van der Waals surface area contributed by atoms with Crippen LogP contribution in [0.3, 0.4) is 0 Å². The first-order valence-corrected chi connectivity index (χ1v) is 8.46. The average Bonchev–Trinajstić information content (AvgIpc) is 2.60. The van der Waals surface area contributed by atoms with Crippen LogP contribution in [0, 0.1) is 12.7 Å². The Bertz CT molecular complexity index is 890. The van der Waals surface area contributed by atoms with Gasteiger partial charge in [-0.2, -0.15) is 0 Å². The lowest BCUT2D eigenvalue weighted by Gasteiger charge is -2.09. The lowest BCUT2D eigenvalue weighted by atomic mass is 10.2. The van der Waals surface area contributed by atoms with Crippen LogP contribution >= 0.6 is 23.2 Å². The number of anilines is 1. The molecule has 0 heterocycles. The van der Waals surface area contributed by atoms with E-state index in [1.165, 1.54) is 30.3 Å². The summed E-state index contributed by atoms with van der Waals surface area (Å²) in [5.41, 5.74) is 0.822. The van der Waals surface area contributed by atoms with E-state index in [1.807, 2.05) is 0 Å². The second-order valence-corrected chi connectivity index (χ2v) is 6.34. The average molecular weight is 413 g/mol. The minimum atomic E-state index is -0.840. The van der Waals surface area contributed by atoms with Crippen LogP contribution in [-0.4, -0.2) is 30.9 Å². The molecule has 0 fully saturated rings. The topological polar surface area (TPSA) is 84.5 Å². The van der Waals surface area contributed by atoms with Crippen molar-refractivity contribution in [3.05, 3.63) is 63.4 Å². The highest BCUT2D eigenvalue weighted by atomic mass is 35.5. The van der Waals surface area contributed by atoms with Gasteiger partial charge < -0.3 is 15.4 Å². The number of aryl methyl sites for hydroxylation is 1. The molecule has 0 aliphatic carbocycles. The van der Waals surface area contributed by atoms with Crippen LogP contribution in [0.4, 0.5) is 10.1 Å². The highest BCUT2D eigenvalue weighted by Gasteiger charge is 2.14. The molecule has 2 rings (SSSR count).